The van der Waals surface area contributed by atoms with E-state index >= 15 is 0 Å². The highest BCUT2D eigenvalue weighted by Gasteiger charge is 2.38. The summed E-state index contributed by atoms with van der Waals surface area (Å²) in [4.78, 5) is 0. The van der Waals surface area contributed by atoms with Gasteiger partial charge in [-0.25, -0.2) is 0 Å². The van der Waals surface area contributed by atoms with Crippen molar-refractivity contribution in [3.63, 3.8) is 0 Å². The highest BCUT2D eigenvalue weighted by molar-refractivity contribution is 7.99. The average Bonchev–Trinajstić information content (AvgIpc) is 2.83. The van der Waals surface area contributed by atoms with Crippen LogP contribution in [0.4, 0.5) is 13.2 Å². The Morgan fingerprint density at radius 1 is 1.40 bits per heavy atom. The number of aromatic nitrogens is 4. The fraction of sp³-hybridized carbons (Fsp3) is 0.364. The summed E-state index contributed by atoms with van der Waals surface area (Å²) >= 11 is 0.746. The van der Waals surface area contributed by atoms with Gasteiger partial charge in [-0.15, -0.1) is 5.10 Å². The first-order valence-corrected chi connectivity index (χ1v) is 6.59. The zero-order valence-corrected chi connectivity index (χ0v) is 11.2. The number of aliphatic hydroxyl groups excluding tert-OH is 1. The lowest BCUT2D eigenvalue weighted by atomic mass is 10.2. The smallest absolute Gasteiger partial charge is 0.383 e. The van der Waals surface area contributed by atoms with Gasteiger partial charge in [-0.1, -0.05) is 23.9 Å². The molecule has 108 valence electrons. The molecule has 0 spiro atoms. The molecule has 9 heteroatoms. The van der Waals surface area contributed by atoms with Gasteiger partial charge < -0.3 is 5.11 Å². The third kappa shape index (κ3) is 3.48. The Kier molecular flexibility index (Phi) is 4.29. The number of alkyl halides is 3. The van der Waals surface area contributed by atoms with Crippen molar-refractivity contribution in [3.05, 3.63) is 29.8 Å². The molecule has 2 rings (SSSR count). The molecular formula is C11H11F3N4OS. The van der Waals surface area contributed by atoms with Gasteiger partial charge in [-0.05, 0) is 35.0 Å². The summed E-state index contributed by atoms with van der Waals surface area (Å²) < 4.78 is 38.0. The van der Waals surface area contributed by atoms with Crippen molar-refractivity contribution < 1.29 is 18.3 Å². The van der Waals surface area contributed by atoms with Crippen molar-refractivity contribution in [1.82, 2.24) is 20.2 Å². The summed E-state index contributed by atoms with van der Waals surface area (Å²) in [6, 6.07) is 7.23. The number of aliphatic hydroxyl groups is 1. The van der Waals surface area contributed by atoms with E-state index in [9.17, 15) is 13.2 Å². The van der Waals surface area contributed by atoms with Gasteiger partial charge in [-0.2, -0.15) is 17.9 Å². The molecule has 0 radical (unpaired) electrons. The minimum absolute atomic E-state index is 0.193. The van der Waals surface area contributed by atoms with Crippen LogP contribution in [0.25, 0.3) is 5.69 Å². The molecule has 1 aromatic heterocycles. The molecule has 0 saturated heterocycles. The Bertz CT molecular complexity index is 587. The highest BCUT2D eigenvalue weighted by atomic mass is 32.2. The Morgan fingerprint density at radius 3 is 2.80 bits per heavy atom. The topological polar surface area (TPSA) is 63.8 Å². The molecule has 0 aliphatic carbocycles. The second kappa shape index (κ2) is 5.80. The predicted molar refractivity (Wildman–Crippen MR) is 66.7 cm³/mol. The van der Waals surface area contributed by atoms with Gasteiger partial charge in [-0.3, -0.25) is 0 Å². The van der Waals surface area contributed by atoms with E-state index in [0.717, 1.165) is 17.3 Å². The Morgan fingerprint density at radius 2 is 2.15 bits per heavy atom. The van der Waals surface area contributed by atoms with Gasteiger partial charge in [0.2, 0.25) is 5.16 Å². The molecule has 5 nitrogen and oxygen atoms in total. The maximum atomic E-state index is 12.2. The second-order valence-electron chi connectivity index (χ2n) is 4.08. The van der Waals surface area contributed by atoms with Crippen LogP contribution in [-0.4, -0.2) is 43.3 Å². The van der Waals surface area contributed by atoms with Gasteiger partial charge >= 0.3 is 6.18 Å². The first-order chi connectivity index (χ1) is 9.38. The van der Waals surface area contributed by atoms with Crippen LogP contribution in [-0.2, 0) is 0 Å². The Hall–Kier alpha value is -1.61. The van der Waals surface area contributed by atoms with Gasteiger partial charge in [0.1, 0.15) is 0 Å². The van der Waals surface area contributed by atoms with Crippen molar-refractivity contribution in [1.29, 1.82) is 0 Å². The van der Waals surface area contributed by atoms with Crippen LogP contribution in [0.5, 0.6) is 0 Å². The molecule has 1 aromatic carbocycles. The molecule has 20 heavy (non-hydrogen) atoms. The zero-order valence-electron chi connectivity index (χ0n) is 10.4. The number of hydrogen-bond acceptors (Lipinski definition) is 5. The maximum absolute atomic E-state index is 12.2. The van der Waals surface area contributed by atoms with E-state index in [1.165, 1.54) is 4.68 Å². The van der Waals surface area contributed by atoms with Gasteiger partial charge in [0.15, 0.2) is 6.10 Å². The predicted octanol–water partition coefficient (Wildman–Crippen LogP) is 1.99. The van der Waals surface area contributed by atoms with E-state index in [4.69, 9.17) is 5.11 Å². The molecule has 2 aromatic rings. The number of tetrazole rings is 1. The molecule has 0 bridgehead atoms. The molecule has 0 aliphatic heterocycles. The zero-order chi connectivity index (χ0) is 14.8. The molecule has 0 aliphatic rings. The minimum Gasteiger partial charge on any atom is -0.383 e. The lowest BCUT2D eigenvalue weighted by molar-refractivity contribution is -0.195. The number of thioether (sulfide) groups is 1. The first-order valence-electron chi connectivity index (χ1n) is 5.61. The lowest BCUT2D eigenvalue weighted by Gasteiger charge is -2.13. The monoisotopic (exact) mass is 304 g/mol. The number of halogens is 3. The fourth-order valence-corrected chi connectivity index (χ4v) is 2.29. The Balaban J connectivity index is 2.14. The van der Waals surface area contributed by atoms with E-state index in [1.807, 2.05) is 13.0 Å². The second-order valence-corrected chi connectivity index (χ2v) is 5.07. The largest absolute Gasteiger partial charge is 0.415 e. The lowest BCUT2D eigenvalue weighted by Crippen LogP contribution is -2.30. The van der Waals surface area contributed by atoms with Crippen molar-refractivity contribution >= 4 is 11.8 Å². The van der Waals surface area contributed by atoms with Crippen molar-refractivity contribution in [2.45, 2.75) is 24.4 Å². The summed E-state index contributed by atoms with van der Waals surface area (Å²) in [6.07, 6.45) is -7.05. The van der Waals surface area contributed by atoms with Crippen LogP contribution in [0.1, 0.15) is 5.56 Å². The molecule has 0 amide bonds. The molecule has 1 N–H and O–H groups in total. The van der Waals surface area contributed by atoms with Crippen LogP contribution in [0.15, 0.2) is 29.4 Å². The number of hydrogen-bond donors (Lipinski definition) is 1. The van der Waals surface area contributed by atoms with Crippen molar-refractivity contribution in [2.24, 2.45) is 0 Å². The molecule has 0 fully saturated rings. The molecule has 1 atom stereocenters. The quantitative estimate of drug-likeness (QED) is 0.875. The third-order valence-electron chi connectivity index (χ3n) is 2.44. The Labute approximate surface area is 116 Å². The van der Waals surface area contributed by atoms with E-state index in [1.54, 1.807) is 18.2 Å². The minimum atomic E-state index is -4.64. The van der Waals surface area contributed by atoms with Gasteiger partial charge in [0.05, 0.1) is 5.69 Å². The summed E-state index contributed by atoms with van der Waals surface area (Å²) in [6.45, 7) is 1.88. The highest BCUT2D eigenvalue weighted by Crippen LogP contribution is 2.26. The van der Waals surface area contributed by atoms with Crippen molar-refractivity contribution in [2.75, 3.05) is 5.75 Å². The number of aryl methyl sites for hydroxylation is 1. The van der Waals surface area contributed by atoms with E-state index in [-0.39, 0.29) is 5.16 Å². The normalized spacial score (nSPS) is 13.4. The molecule has 1 heterocycles. The maximum Gasteiger partial charge on any atom is 0.415 e. The fourth-order valence-electron chi connectivity index (χ4n) is 1.44. The molecule has 0 unspecified atom stereocenters. The SMILES string of the molecule is Cc1cccc(-n2nnnc2SC[C@@H](O)C(F)(F)F)c1. The molecular weight excluding hydrogens is 293 g/mol. The first kappa shape index (κ1) is 14.8. The van der Waals surface area contributed by atoms with Crippen LogP contribution in [0, 0.1) is 6.92 Å². The van der Waals surface area contributed by atoms with E-state index in [0.29, 0.717) is 5.69 Å². The van der Waals surface area contributed by atoms with E-state index < -0.39 is 18.0 Å². The number of nitrogens with zero attached hydrogens (tertiary/aromatic N) is 4. The summed E-state index contributed by atoms with van der Waals surface area (Å²) in [5.41, 5.74) is 1.63. The average molecular weight is 304 g/mol. The summed E-state index contributed by atoms with van der Waals surface area (Å²) in [5, 5.41) is 20.0. The number of benzene rings is 1. The standard InChI is InChI=1S/C11H11F3N4OS/c1-7-3-2-4-8(5-7)18-10(15-16-17-18)20-6-9(19)11(12,13)14/h2-5,9,19H,6H2,1H3/t9-/m1/s1. The van der Waals surface area contributed by atoms with Crippen molar-refractivity contribution in [3.8, 4) is 5.69 Å². The van der Waals surface area contributed by atoms with Crippen LogP contribution in [0.3, 0.4) is 0 Å². The van der Waals surface area contributed by atoms with Crippen LogP contribution in [0.2, 0.25) is 0 Å². The van der Waals surface area contributed by atoms with Crippen LogP contribution < -0.4 is 0 Å². The number of rotatable bonds is 4. The molecule has 0 saturated carbocycles. The van der Waals surface area contributed by atoms with Crippen LogP contribution >= 0.6 is 11.8 Å². The van der Waals surface area contributed by atoms with E-state index in [2.05, 4.69) is 15.5 Å². The van der Waals surface area contributed by atoms with Gasteiger partial charge in [0, 0.05) is 5.75 Å². The summed E-state index contributed by atoms with van der Waals surface area (Å²) in [5.74, 6) is -0.560. The van der Waals surface area contributed by atoms with Gasteiger partial charge in [0.25, 0.3) is 0 Å². The third-order valence-corrected chi connectivity index (χ3v) is 3.43. The summed E-state index contributed by atoms with van der Waals surface area (Å²) in [7, 11) is 0.